The van der Waals surface area contributed by atoms with E-state index in [1.807, 2.05) is 72.8 Å². The standard InChI is InChI=1S/C22H19NO3/c24-21(23-20-9-5-2-6-10-20)16-26-22(25)15-17-11-13-19(14-12-17)18-7-3-1-4-8-18/h1-14H,15-16H2,(H,23,24). The number of para-hydroxylation sites is 1. The van der Waals surface area contributed by atoms with Gasteiger partial charge < -0.3 is 10.1 Å². The molecule has 0 unspecified atom stereocenters. The number of hydrogen-bond acceptors (Lipinski definition) is 3. The SMILES string of the molecule is O=C(COC(=O)Cc1ccc(-c2ccccc2)cc1)Nc1ccccc1. The van der Waals surface area contributed by atoms with Crippen LogP contribution in [-0.4, -0.2) is 18.5 Å². The lowest BCUT2D eigenvalue weighted by Gasteiger charge is -2.07. The van der Waals surface area contributed by atoms with Crippen LogP contribution in [0.4, 0.5) is 5.69 Å². The lowest BCUT2D eigenvalue weighted by atomic mass is 10.0. The van der Waals surface area contributed by atoms with E-state index in [9.17, 15) is 9.59 Å². The molecule has 0 heterocycles. The monoisotopic (exact) mass is 345 g/mol. The van der Waals surface area contributed by atoms with Gasteiger partial charge in [0.2, 0.25) is 0 Å². The van der Waals surface area contributed by atoms with Gasteiger partial charge in [-0.2, -0.15) is 0 Å². The topological polar surface area (TPSA) is 55.4 Å². The summed E-state index contributed by atoms with van der Waals surface area (Å²) in [4.78, 5) is 23.7. The minimum absolute atomic E-state index is 0.133. The predicted molar refractivity (Wildman–Crippen MR) is 102 cm³/mol. The van der Waals surface area contributed by atoms with E-state index >= 15 is 0 Å². The highest BCUT2D eigenvalue weighted by atomic mass is 16.5. The molecule has 0 spiro atoms. The first-order valence-electron chi connectivity index (χ1n) is 8.35. The van der Waals surface area contributed by atoms with E-state index in [0.29, 0.717) is 5.69 Å². The number of nitrogens with one attached hydrogen (secondary N) is 1. The van der Waals surface area contributed by atoms with Crippen molar-refractivity contribution in [3.05, 3.63) is 90.5 Å². The number of carbonyl (C=O) groups excluding carboxylic acids is 2. The van der Waals surface area contributed by atoms with Gasteiger partial charge in [0.25, 0.3) is 5.91 Å². The molecule has 0 aromatic heterocycles. The third kappa shape index (κ3) is 5.05. The van der Waals surface area contributed by atoms with Crippen LogP contribution in [0.1, 0.15) is 5.56 Å². The molecule has 0 bridgehead atoms. The Kier molecular flexibility index (Phi) is 5.78. The Morgan fingerprint density at radius 1 is 0.731 bits per heavy atom. The third-order valence-corrected chi connectivity index (χ3v) is 3.83. The molecule has 0 saturated heterocycles. The number of amides is 1. The summed E-state index contributed by atoms with van der Waals surface area (Å²) in [5, 5.41) is 2.67. The summed E-state index contributed by atoms with van der Waals surface area (Å²) in [5.74, 6) is -0.787. The second-order valence-corrected chi connectivity index (χ2v) is 5.81. The van der Waals surface area contributed by atoms with Crippen LogP contribution in [0, 0.1) is 0 Å². The molecule has 3 aromatic carbocycles. The summed E-state index contributed by atoms with van der Waals surface area (Å²) in [6.45, 7) is -0.296. The predicted octanol–water partition coefficient (Wildman–Crippen LogP) is 4.08. The maximum absolute atomic E-state index is 11.9. The number of hydrogen-bond donors (Lipinski definition) is 1. The van der Waals surface area contributed by atoms with Gasteiger partial charge in [-0.3, -0.25) is 9.59 Å². The van der Waals surface area contributed by atoms with Crippen molar-refractivity contribution in [3.8, 4) is 11.1 Å². The lowest BCUT2D eigenvalue weighted by molar-refractivity contribution is -0.146. The number of rotatable bonds is 6. The average Bonchev–Trinajstić information content (AvgIpc) is 2.68. The average molecular weight is 345 g/mol. The van der Waals surface area contributed by atoms with Crippen molar-refractivity contribution in [2.75, 3.05) is 11.9 Å². The number of benzene rings is 3. The summed E-state index contributed by atoms with van der Waals surface area (Å²) in [6.07, 6.45) is 0.133. The molecule has 0 saturated carbocycles. The largest absolute Gasteiger partial charge is 0.455 e. The highest BCUT2D eigenvalue weighted by molar-refractivity contribution is 5.92. The molecule has 4 heteroatoms. The van der Waals surface area contributed by atoms with E-state index in [-0.39, 0.29) is 18.9 Å². The van der Waals surface area contributed by atoms with Crippen LogP contribution < -0.4 is 5.32 Å². The minimum Gasteiger partial charge on any atom is -0.455 e. The highest BCUT2D eigenvalue weighted by Crippen LogP contribution is 2.19. The molecule has 0 radical (unpaired) electrons. The number of anilines is 1. The van der Waals surface area contributed by atoms with Crippen molar-refractivity contribution in [3.63, 3.8) is 0 Å². The molecule has 3 rings (SSSR count). The van der Waals surface area contributed by atoms with E-state index < -0.39 is 5.97 Å². The Balaban J connectivity index is 1.48. The first-order chi connectivity index (χ1) is 12.7. The molecule has 0 aliphatic heterocycles. The Bertz CT molecular complexity index is 859. The van der Waals surface area contributed by atoms with E-state index in [1.54, 1.807) is 12.1 Å². The smallest absolute Gasteiger partial charge is 0.310 e. The number of ether oxygens (including phenoxy) is 1. The highest BCUT2D eigenvalue weighted by Gasteiger charge is 2.09. The van der Waals surface area contributed by atoms with Gasteiger partial charge in [0.15, 0.2) is 6.61 Å². The van der Waals surface area contributed by atoms with E-state index in [0.717, 1.165) is 16.7 Å². The van der Waals surface area contributed by atoms with Crippen LogP contribution in [0.25, 0.3) is 11.1 Å². The first-order valence-corrected chi connectivity index (χ1v) is 8.35. The fraction of sp³-hybridized carbons (Fsp3) is 0.0909. The Hall–Kier alpha value is -3.40. The van der Waals surface area contributed by atoms with Crippen molar-refractivity contribution in [1.82, 2.24) is 0 Å². The number of carbonyl (C=O) groups is 2. The molecule has 26 heavy (non-hydrogen) atoms. The zero-order valence-corrected chi connectivity index (χ0v) is 14.2. The first kappa shape index (κ1) is 17.4. The van der Waals surface area contributed by atoms with Gasteiger partial charge in [0, 0.05) is 5.69 Å². The van der Waals surface area contributed by atoms with E-state index in [4.69, 9.17) is 4.74 Å². The van der Waals surface area contributed by atoms with Gasteiger partial charge >= 0.3 is 5.97 Å². The van der Waals surface area contributed by atoms with Crippen LogP contribution in [0.2, 0.25) is 0 Å². The fourth-order valence-electron chi connectivity index (χ4n) is 2.53. The summed E-state index contributed by atoms with van der Waals surface area (Å²) in [5.41, 5.74) is 3.73. The molecule has 1 N–H and O–H groups in total. The lowest BCUT2D eigenvalue weighted by Crippen LogP contribution is -2.21. The van der Waals surface area contributed by atoms with Crippen molar-refractivity contribution in [2.45, 2.75) is 6.42 Å². The van der Waals surface area contributed by atoms with Crippen molar-refractivity contribution in [2.24, 2.45) is 0 Å². The van der Waals surface area contributed by atoms with Gasteiger partial charge in [-0.1, -0.05) is 72.8 Å². The molecular weight excluding hydrogens is 326 g/mol. The van der Waals surface area contributed by atoms with Crippen LogP contribution in [0.5, 0.6) is 0 Å². The quantitative estimate of drug-likeness (QED) is 0.685. The molecule has 3 aromatic rings. The Labute approximate surface area is 152 Å². The molecule has 0 aliphatic rings. The zero-order valence-electron chi connectivity index (χ0n) is 14.2. The van der Waals surface area contributed by atoms with Crippen molar-refractivity contribution >= 4 is 17.6 Å². The molecule has 0 fully saturated rings. The van der Waals surface area contributed by atoms with Crippen LogP contribution in [-0.2, 0) is 20.7 Å². The molecule has 4 nitrogen and oxygen atoms in total. The van der Waals surface area contributed by atoms with Crippen LogP contribution in [0.3, 0.4) is 0 Å². The second kappa shape index (κ2) is 8.62. The third-order valence-electron chi connectivity index (χ3n) is 3.83. The summed E-state index contributed by atoms with van der Waals surface area (Å²) in [6, 6.07) is 26.8. The number of esters is 1. The molecule has 1 amide bonds. The van der Waals surface area contributed by atoms with Crippen LogP contribution >= 0.6 is 0 Å². The molecule has 0 atom stereocenters. The summed E-state index contributed by atoms with van der Waals surface area (Å²) in [7, 11) is 0. The van der Waals surface area contributed by atoms with Gasteiger partial charge in [0.1, 0.15) is 0 Å². The Morgan fingerprint density at radius 2 is 1.31 bits per heavy atom. The second-order valence-electron chi connectivity index (χ2n) is 5.81. The molecular formula is C22H19NO3. The normalized spacial score (nSPS) is 10.2. The van der Waals surface area contributed by atoms with Gasteiger partial charge in [-0.15, -0.1) is 0 Å². The van der Waals surface area contributed by atoms with Gasteiger partial charge in [-0.05, 0) is 28.8 Å². The van der Waals surface area contributed by atoms with Gasteiger partial charge in [-0.25, -0.2) is 0 Å². The Morgan fingerprint density at radius 3 is 1.96 bits per heavy atom. The maximum Gasteiger partial charge on any atom is 0.310 e. The summed E-state index contributed by atoms with van der Waals surface area (Å²) < 4.78 is 5.04. The van der Waals surface area contributed by atoms with Crippen molar-refractivity contribution in [1.29, 1.82) is 0 Å². The molecule has 0 aliphatic carbocycles. The van der Waals surface area contributed by atoms with E-state index in [1.165, 1.54) is 0 Å². The van der Waals surface area contributed by atoms with E-state index in [2.05, 4.69) is 5.32 Å². The fourth-order valence-corrected chi connectivity index (χ4v) is 2.53. The zero-order chi connectivity index (χ0) is 18.2. The van der Waals surface area contributed by atoms with Crippen LogP contribution in [0.15, 0.2) is 84.9 Å². The van der Waals surface area contributed by atoms with Crippen molar-refractivity contribution < 1.29 is 14.3 Å². The maximum atomic E-state index is 11.9. The molecule has 130 valence electrons. The van der Waals surface area contributed by atoms with Gasteiger partial charge in [0.05, 0.1) is 6.42 Å². The summed E-state index contributed by atoms with van der Waals surface area (Å²) >= 11 is 0. The minimum atomic E-state index is -0.430.